The number of benzene rings is 1. The third-order valence-electron chi connectivity index (χ3n) is 4.89. The Hall–Kier alpha value is -1.55. The fourth-order valence-electron chi connectivity index (χ4n) is 2.95. The molecule has 1 aromatic carbocycles. The van der Waals surface area contributed by atoms with Crippen molar-refractivity contribution in [3.05, 3.63) is 35.4 Å². The first-order valence-corrected chi connectivity index (χ1v) is 8.75. The van der Waals surface area contributed by atoms with Crippen LogP contribution in [-0.4, -0.2) is 42.6 Å². The van der Waals surface area contributed by atoms with Crippen molar-refractivity contribution >= 4 is 5.96 Å². The monoisotopic (exact) mass is 316 g/mol. The van der Waals surface area contributed by atoms with Gasteiger partial charge in [-0.2, -0.15) is 0 Å². The molecule has 1 aliphatic rings. The zero-order valence-electron chi connectivity index (χ0n) is 15.3. The summed E-state index contributed by atoms with van der Waals surface area (Å²) in [4.78, 5) is 6.90. The van der Waals surface area contributed by atoms with E-state index in [2.05, 4.69) is 72.5 Å². The van der Waals surface area contributed by atoms with E-state index in [1.54, 1.807) is 0 Å². The van der Waals surface area contributed by atoms with Crippen LogP contribution in [0.3, 0.4) is 0 Å². The molecule has 1 heterocycles. The van der Waals surface area contributed by atoms with E-state index in [1.165, 1.54) is 11.1 Å². The summed E-state index contributed by atoms with van der Waals surface area (Å²) >= 11 is 0. The molecule has 0 saturated carbocycles. The van der Waals surface area contributed by atoms with E-state index in [0.29, 0.717) is 6.04 Å². The number of rotatable bonds is 5. The molecule has 1 atom stereocenters. The van der Waals surface area contributed by atoms with E-state index >= 15 is 0 Å². The third kappa shape index (κ3) is 4.71. The second-order valence-corrected chi connectivity index (χ2v) is 7.13. The smallest absolute Gasteiger partial charge is 0.191 e. The molecular formula is C19H32N4. The van der Waals surface area contributed by atoms with E-state index < -0.39 is 0 Å². The van der Waals surface area contributed by atoms with Gasteiger partial charge in [0.1, 0.15) is 0 Å². The van der Waals surface area contributed by atoms with Gasteiger partial charge >= 0.3 is 0 Å². The predicted octanol–water partition coefficient (Wildman–Crippen LogP) is 2.79. The molecule has 0 aromatic heterocycles. The molecule has 1 aromatic rings. The SMILES string of the molecule is CCC(C)NC(=NC)NCC(C)(C)N1CCc2ccccc2C1. The Morgan fingerprint density at radius 2 is 2.00 bits per heavy atom. The van der Waals surface area contributed by atoms with Crippen molar-refractivity contribution in [2.75, 3.05) is 20.1 Å². The zero-order valence-corrected chi connectivity index (χ0v) is 15.3. The summed E-state index contributed by atoms with van der Waals surface area (Å²) in [5.74, 6) is 0.893. The van der Waals surface area contributed by atoms with E-state index in [0.717, 1.165) is 38.4 Å². The largest absolute Gasteiger partial charge is 0.355 e. The number of hydrogen-bond acceptors (Lipinski definition) is 2. The summed E-state index contributed by atoms with van der Waals surface area (Å²) in [6.07, 6.45) is 2.23. The van der Waals surface area contributed by atoms with Crippen molar-refractivity contribution in [1.29, 1.82) is 0 Å². The lowest BCUT2D eigenvalue weighted by molar-refractivity contribution is 0.107. The Morgan fingerprint density at radius 3 is 2.65 bits per heavy atom. The average Bonchev–Trinajstić information content (AvgIpc) is 2.57. The molecule has 128 valence electrons. The fourth-order valence-corrected chi connectivity index (χ4v) is 2.95. The molecule has 0 amide bonds. The van der Waals surface area contributed by atoms with Crippen LogP contribution >= 0.6 is 0 Å². The topological polar surface area (TPSA) is 39.7 Å². The molecule has 2 rings (SSSR count). The lowest BCUT2D eigenvalue weighted by Crippen LogP contribution is -2.55. The highest BCUT2D eigenvalue weighted by molar-refractivity contribution is 5.80. The summed E-state index contributed by atoms with van der Waals surface area (Å²) in [5.41, 5.74) is 3.05. The minimum Gasteiger partial charge on any atom is -0.355 e. The van der Waals surface area contributed by atoms with Crippen molar-refractivity contribution in [1.82, 2.24) is 15.5 Å². The number of nitrogens with zero attached hydrogens (tertiary/aromatic N) is 2. The van der Waals surface area contributed by atoms with Gasteiger partial charge in [0.25, 0.3) is 0 Å². The summed E-state index contributed by atoms with van der Waals surface area (Å²) in [6, 6.07) is 9.24. The van der Waals surface area contributed by atoms with E-state index in [1.807, 2.05) is 7.05 Å². The summed E-state index contributed by atoms with van der Waals surface area (Å²) in [5, 5.41) is 6.92. The Labute approximate surface area is 141 Å². The van der Waals surface area contributed by atoms with Gasteiger partial charge in [-0.15, -0.1) is 0 Å². The van der Waals surface area contributed by atoms with E-state index in [4.69, 9.17) is 0 Å². The zero-order chi connectivity index (χ0) is 16.9. The third-order valence-corrected chi connectivity index (χ3v) is 4.89. The number of guanidine groups is 1. The van der Waals surface area contributed by atoms with Gasteiger partial charge in [-0.3, -0.25) is 9.89 Å². The van der Waals surface area contributed by atoms with Crippen LogP contribution in [0.25, 0.3) is 0 Å². The average molecular weight is 316 g/mol. The molecule has 1 unspecified atom stereocenters. The Morgan fingerprint density at radius 1 is 1.30 bits per heavy atom. The van der Waals surface area contributed by atoms with E-state index in [-0.39, 0.29) is 5.54 Å². The Balaban J connectivity index is 1.94. The molecular weight excluding hydrogens is 284 g/mol. The molecule has 4 nitrogen and oxygen atoms in total. The molecule has 2 N–H and O–H groups in total. The minimum absolute atomic E-state index is 0.0839. The van der Waals surface area contributed by atoms with Gasteiger partial charge in [0.2, 0.25) is 0 Å². The minimum atomic E-state index is 0.0839. The summed E-state index contributed by atoms with van der Waals surface area (Å²) in [6.45, 7) is 12.0. The van der Waals surface area contributed by atoms with Crippen LogP contribution in [0.5, 0.6) is 0 Å². The van der Waals surface area contributed by atoms with Crippen LogP contribution in [0, 0.1) is 0 Å². The first-order chi connectivity index (χ1) is 11.0. The molecule has 0 radical (unpaired) electrons. The highest BCUT2D eigenvalue weighted by atomic mass is 15.2. The van der Waals surface area contributed by atoms with Crippen molar-refractivity contribution in [2.24, 2.45) is 4.99 Å². The number of aliphatic imine (C=N–C) groups is 1. The van der Waals surface area contributed by atoms with Crippen LogP contribution in [-0.2, 0) is 13.0 Å². The molecule has 0 fully saturated rings. The van der Waals surface area contributed by atoms with Crippen LogP contribution in [0.2, 0.25) is 0 Å². The summed E-state index contributed by atoms with van der Waals surface area (Å²) in [7, 11) is 1.84. The van der Waals surface area contributed by atoms with Crippen molar-refractivity contribution < 1.29 is 0 Å². The van der Waals surface area contributed by atoms with Gasteiger partial charge in [-0.25, -0.2) is 0 Å². The van der Waals surface area contributed by atoms with Crippen LogP contribution in [0.4, 0.5) is 0 Å². The van der Waals surface area contributed by atoms with Gasteiger partial charge < -0.3 is 10.6 Å². The maximum Gasteiger partial charge on any atom is 0.191 e. The van der Waals surface area contributed by atoms with Gasteiger partial charge in [0.05, 0.1) is 0 Å². The fraction of sp³-hybridized carbons (Fsp3) is 0.632. The first-order valence-electron chi connectivity index (χ1n) is 8.75. The first kappa shape index (κ1) is 17.8. The van der Waals surface area contributed by atoms with Crippen molar-refractivity contribution in [2.45, 2.75) is 58.7 Å². The molecule has 1 aliphatic heterocycles. The standard InChI is InChI=1S/C19H32N4/c1-6-15(2)22-18(20-5)21-14-19(3,4)23-12-11-16-9-7-8-10-17(16)13-23/h7-10,15H,6,11-14H2,1-5H3,(H2,20,21,22). The normalized spacial score (nSPS) is 17.5. The van der Waals surface area contributed by atoms with Gasteiger partial charge in [-0.1, -0.05) is 31.2 Å². The Kier molecular flexibility index (Phi) is 6.05. The quantitative estimate of drug-likeness (QED) is 0.648. The molecule has 0 aliphatic carbocycles. The summed E-state index contributed by atoms with van der Waals surface area (Å²) < 4.78 is 0. The van der Waals surface area contributed by atoms with Gasteiger partial charge in [0.15, 0.2) is 5.96 Å². The Bertz CT molecular complexity index is 536. The molecule has 0 spiro atoms. The van der Waals surface area contributed by atoms with Crippen LogP contribution in [0.1, 0.15) is 45.2 Å². The lowest BCUT2D eigenvalue weighted by atomic mass is 9.94. The molecule has 0 bridgehead atoms. The lowest BCUT2D eigenvalue weighted by Gasteiger charge is -2.42. The number of nitrogens with one attached hydrogen (secondary N) is 2. The van der Waals surface area contributed by atoms with Crippen LogP contribution in [0.15, 0.2) is 29.3 Å². The van der Waals surface area contributed by atoms with Crippen molar-refractivity contribution in [3.8, 4) is 0 Å². The van der Waals surface area contributed by atoms with Gasteiger partial charge in [-0.05, 0) is 44.7 Å². The highest BCUT2D eigenvalue weighted by Gasteiger charge is 2.29. The van der Waals surface area contributed by atoms with Crippen LogP contribution < -0.4 is 10.6 Å². The van der Waals surface area contributed by atoms with Crippen molar-refractivity contribution in [3.63, 3.8) is 0 Å². The maximum absolute atomic E-state index is 4.34. The number of fused-ring (bicyclic) bond motifs is 1. The van der Waals surface area contributed by atoms with Gasteiger partial charge in [0, 0.05) is 38.3 Å². The molecule has 23 heavy (non-hydrogen) atoms. The number of hydrogen-bond donors (Lipinski definition) is 2. The molecule has 4 heteroatoms. The second-order valence-electron chi connectivity index (χ2n) is 7.13. The second kappa shape index (κ2) is 7.82. The predicted molar refractivity (Wildman–Crippen MR) is 98.9 cm³/mol. The maximum atomic E-state index is 4.34. The highest BCUT2D eigenvalue weighted by Crippen LogP contribution is 2.24. The van der Waals surface area contributed by atoms with E-state index in [9.17, 15) is 0 Å². The molecule has 0 saturated heterocycles.